The minimum absolute atomic E-state index is 0.343. The molecule has 0 radical (unpaired) electrons. The highest BCUT2D eigenvalue weighted by molar-refractivity contribution is 6.20. The molecule has 0 heterocycles. The van der Waals surface area contributed by atoms with Gasteiger partial charge in [-0.1, -0.05) is 0 Å². The van der Waals surface area contributed by atoms with Gasteiger partial charge in [-0.25, -0.2) is 4.39 Å². The molecule has 0 rings (SSSR count). The van der Waals surface area contributed by atoms with Crippen LogP contribution in [0.3, 0.4) is 0 Å². The van der Waals surface area contributed by atoms with E-state index in [4.69, 9.17) is 11.6 Å². The Kier molecular flexibility index (Phi) is 2.49. The lowest BCUT2D eigenvalue weighted by atomic mass is 10.3. The van der Waals surface area contributed by atoms with Crippen LogP contribution in [0.1, 0.15) is 13.8 Å². The molecule has 0 fully saturated rings. The summed E-state index contributed by atoms with van der Waals surface area (Å²) in [7, 11) is 0. The van der Waals surface area contributed by atoms with E-state index in [0.29, 0.717) is 0 Å². The van der Waals surface area contributed by atoms with Crippen LogP contribution in [0.5, 0.6) is 0 Å². The SMILES string of the molecule is C[C@H](F)[C@H](C)Cl. The lowest BCUT2D eigenvalue weighted by Gasteiger charge is -1.98. The van der Waals surface area contributed by atoms with Crippen molar-refractivity contribution in [2.75, 3.05) is 0 Å². The van der Waals surface area contributed by atoms with Crippen LogP contribution in [-0.4, -0.2) is 11.5 Å². The fraction of sp³-hybridized carbons (Fsp3) is 1.00. The van der Waals surface area contributed by atoms with Crippen molar-refractivity contribution in [1.29, 1.82) is 0 Å². The predicted molar refractivity (Wildman–Crippen MR) is 25.9 cm³/mol. The molecule has 0 bridgehead atoms. The molecule has 0 aliphatic rings. The van der Waals surface area contributed by atoms with E-state index in [1.807, 2.05) is 0 Å². The molecule has 0 aliphatic heterocycles. The summed E-state index contributed by atoms with van der Waals surface area (Å²) in [6.45, 7) is 3.07. The molecule has 2 atom stereocenters. The molecular formula is C4H8ClF. The largest absolute Gasteiger partial charge is 0.246 e. The van der Waals surface area contributed by atoms with Crippen molar-refractivity contribution in [3.63, 3.8) is 0 Å². The van der Waals surface area contributed by atoms with Gasteiger partial charge < -0.3 is 0 Å². The van der Waals surface area contributed by atoms with Crippen molar-refractivity contribution in [3.05, 3.63) is 0 Å². The van der Waals surface area contributed by atoms with Crippen molar-refractivity contribution in [2.24, 2.45) is 0 Å². The summed E-state index contributed by atoms with van der Waals surface area (Å²) in [6, 6.07) is 0. The monoisotopic (exact) mass is 110 g/mol. The standard InChI is InChI=1S/C4H8ClF/c1-3(5)4(2)6/h3-4H,1-2H3/t3-,4-/m0/s1. The zero-order valence-electron chi connectivity index (χ0n) is 3.91. The van der Waals surface area contributed by atoms with E-state index in [-0.39, 0.29) is 5.38 Å². The highest BCUT2D eigenvalue weighted by atomic mass is 35.5. The molecule has 0 aromatic heterocycles. The second kappa shape index (κ2) is 2.40. The minimum atomic E-state index is -0.883. The number of rotatable bonds is 1. The van der Waals surface area contributed by atoms with Crippen LogP contribution in [0.15, 0.2) is 0 Å². The molecular weight excluding hydrogens is 102 g/mol. The van der Waals surface area contributed by atoms with Gasteiger partial charge in [0.15, 0.2) is 0 Å². The highest BCUT2D eigenvalue weighted by Crippen LogP contribution is 2.02. The molecule has 2 heteroatoms. The van der Waals surface area contributed by atoms with Gasteiger partial charge in [0.05, 0.1) is 5.38 Å². The van der Waals surface area contributed by atoms with Crippen LogP contribution < -0.4 is 0 Å². The first-order valence-electron chi connectivity index (χ1n) is 1.92. The predicted octanol–water partition coefficient (Wildman–Crippen LogP) is 1.97. The first-order valence-corrected chi connectivity index (χ1v) is 2.36. The third kappa shape index (κ3) is 2.46. The zero-order chi connectivity index (χ0) is 5.15. The Morgan fingerprint density at radius 2 is 1.67 bits per heavy atom. The molecule has 6 heavy (non-hydrogen) atoms. The van der Waals surface area contributed by atoms with E-state index in [1.54, 1.807) is 6.92 Å². The molecule has 0 spiro atoms. The summed E-state index contributed by atoms with van der Waals surface area (Å²) < 4.78 is 11.7. The van der Waals surface area contributed by atoms with E-state index in [0.717, 1.165) is 0 Å². The summed E-state index contributed by atoms with van der Waals surface area (Å²) in [5.74, 6) is 0. The zero-order valence-corrected chi connectivity index (χ0v) is 4.67. The Labute approximate surface area is 42.3 Å². The van der Waals surface area contributed by atoms with Crippen LogP contribution in [0.2, 0.25) is 0 Å². The maximum atomic E-state index is 11.7. The van der Waals surface area contributed by atoms with Gasteiger partial charge in [-0.15, -0.1) is 11.6 Å². The number of alkyl halides is 2. The molecule has 0 N–H and O–H groups in total. The molecule has 0 unspecified atom stereocenters. The third-order valence-corrected chi connectivity index (χ3v) is 0.980. The number of hydrogen-bond donors (Lipinski definition) is 0. The van der Waals surface area contributed by atoms with Crippen LogP contribution in [0, 0.1) is 0 Å². The van der Waals surface area contributed by atoms with Crippen molar-refractivity contribution in [3.8, 4) is 0 Å². The Morgan fingerprint density at radius 3 is 1.67 bits per heavy atom. The Bertz CT molecular complexity index is 28.5. The average molecular weight is 111 g/mol. The van der Waals surface area contributed by atoms with Crippen LogP contribution in [0.25, 0.3) is 0 Å². The Balaban J connectivity index is 2.99. The maximum Gasteiger partial charge on any atom is 0.113 e. The van der Waals surface area contributed by atoms with Crippen LogP contribution >= 0.6 is 11.6 Å². The normalized spacial score (nSPS) is 20.0. The van der Waals surface area contributed by atoms with E-state index in [9.17, 15) is 4.39 Å². The van der Waals surface area contributed by atoms with E-state index in [1.165, 1.54) is 6.92 Å². The lowest BCUT2D eigenvalue weighted by molar-refractivity contribution is 0.357. The first-order chi connectivity index (χ1) is 2.64. The maximum absolute atomic E-state index is 11.7. The van der Waals surface area contributed by atoms with Crippen molar-refractivity contribution in [2.45, 2.75) is 25.4 Å². The van der Waals surface area contributed by atoms with Crippen LogP contribution in [0.4, 0.5) is 4.39 Å². The topological polar surface area (TPSA) is 0 Å². The van der Waals surface area contributed by atoms with Crippen LogP contribution in [-0.2, 0) is 0 Å². The molecule has 0 saturated heterocycles. The quantitative estimate of drug-likeness (QED) is 0.453. The molecule has 0 aromatic rings. The Morgan fingerprint density at radius 1 is 1.50 bits per heavy atom. The van der Waals surface area contributed by atoms with E-state index < -0.39 is 6.17 Å². The van der Waals surface area contributed by atoms with Gasteiger partial charge in [-0.05, 0) is 13.8 Å². The van der Waals surface area contributed by atoms with E-state index in [2.05, 4.69) is 0 Å². The number of hydrogen-bond acceptors (Lipinski definition) is 0. The van der Waals surface area contributed by atoms with Gasteiger partial charge >= 0.3 is 0 Å². The van der Waals surface area contributed by atoms with Gasteiger partial charge in [0, 0.05) is 0 Å². The van der Waals surface area contributed by atoms with Gasteiger partial charge in [-0.3, -0.25) is 0 Å². The van der Waals surface area contributed by atoms with E-state index >= 15 is 0 Å². The van der Waals surface area contributed by atoms with Crippen molar-refractivity contribution >= 4 is 11.6 Å². The fourth-order valence-corrected chi connectivity index (χ4v) is 0. The smallest absolute Gasteiger partial charge is 0.113 e. The van der Waals surface area contributed by atoms with Gasteiger partial charge in [0.2, 0.25) is 0 Å². The molecule has 0 nitrogen and oxygen atoms in total. The fourth-order valence-electron chi connectivity index (χ4n) is 0. The summed E-state index contributed by atoms with van der Waals surface area (Å²) in [4.78, 5) is 0. The van der Waals surface area contributed by atoms with Gasteiger partial charge in [-0.2, -0.15) is 0 Å². The summed E-state index contributed by atoms with van der Waals surface area (Å²) in [6.07, 6.45) is -0.883. The first kappa shape index (κ1) is 6.22. The molecule has 0 saturated carbocycles. The Hall–Kier alpha value is 0.220. The summed E-state index contributed by atoms with van der Waals surface area (Å²) in [5, 5.41) is -0.343. The molecule has 0 aromatic carbocycles. The third-order valence-electron chi connectivity index (χ3n) is 0.633. The summed E-state index contributed by atoms with van der Waals surface area (Å²) in [5.41, 5.74) is 0. The average Bonchev–Trinajstić information content (AvgIpc) is 1.36. The highest BCUT2D eigenvalue weighted by Gasteiger charge is 2.03. The van der Waals surface area contributed by atoms with Crippen molar-refractivity contribution in [1.82, 2.24) is 0 Å². The second-order valence-corrected chi connectivity index (χ2v) is 2.04. The number of halogens is 2. The lowest BCUT2D eigenvalue weighted by Crippen LogP contribution is -2.05. The second-order valence-electron chi connectivity index (χ2n) is 1.36. The minimum Gasteiger partial charge on any atom is -0.246 e. The van der Waals surface area contributed by atoms with Gasteiger partial charge in [0.25, 0.3) is 0 Å². The molecule has 38 valence electrons. The molecule has 0 amide bonds. The molecule has 0 aliphatic carbocycles. The summed E-state index contributed by atoms with van der Waals surface area (Å²) >= 11 is 5.24. The van der Waals surface area contributed by atoms with Crippen molar-refractivity contribution < 1.29 is 4.39 Å². The van der Waals surface area contributed by atoms with Gasteiger partial charge in [0.1, 0.15) is 6.17 Å².